The third kappa shape index (κ3) is 5.34. The standard InChI is InChI=1S/C54H35NO/c1-3-14-36(15-4-1)39-19-13-20-43(32-39)55(42-29-26-38(27-30-42)50-33-41-18-7-8-21-44(41)45-22-9-10-23-46(45)50)52-35-51-48-31-28-40(37-16-5-2-6-17-37)34-53(48)56-54(51)49-25-12-11-24-47(49)52/h1-35H. The van der Waals surface area contributed by atoms with Crippen LogP contribution in [0.4, 0.5) is 17.1 Å². The molecule has 2 heteroatoms. The Balaban J connectivity index is 1.13. The topological polar surface area (TPSA) is 16.4 Å². The predicted octanol–water partition coefficient (Wildman–Crippen LogP) is 15.5. The van der Waals surface area contributed by atoms with Crippen LogP contribution in [0.3, 0.4) is 0 Å². The first kappa shape index (κ1) is 32.0. The average molecular weight is 714 g/mol. The van der Waals surface area contributed by atoms with Crippen LogP contribution in [0.25, 0.3) is 87.6 Å². The maximum atomic E-state index is 6.76. The van der Waals surface area contributed by atoms with Crippen LogP contribution in [0, 0.1) is 0 Å². The van der Waals surface area contributed by atoms with Gasteiger partial charge in [-0.2, -0.15) is 0 Å². The number of hydrogen-bond acceptors (Lipinski definition) is 2. The number of hydrogen-bond donors (Lipinski definition) is 0. The fourth-order valence-electron chi connectivity index (χ4n) is 8.54. The van der Waals surface area contributed by atoms with Gasteiger partial charge < -0.3 is 9.32 Å². The highest BCUT2D eigenvalue weighted by atomic mass is 16.3. The van der Waals surface area contributed by atoms with E-state index in [1.807, 2.05) is 0 Å². The van der Waals surface area contributed by atoms with E-state index in [0.717, 1.165) is 55.3 Å². The zero-order chi connectivity index (χ0) is 37.0. The van der Waals surface area contributed by atoms with E-state index in [-0.39, 0.29) is 0 Å². The van der Waals surface area contributed by atoms with Gasteiger partial charge in [0.2, 0.25) is 0 Å². The minimum absolute atomic E-state index is 0.883. The molecule has 0 aliphatic rings. The Bertz CT molecular complexity index is 3230. The van der Waals surface area contributed by atoms with Crippen molar-refractivity contribution in [2.75, 3.05) is 4.90 Å². The first-order valence-electron chi connectivity index (χ1n) is 19.2. The molecule has 0 aliphatic heterocycles. The molecule has 0 amide bonds. The molecular weight excluding hydrogens is 679 g/mol. The summed E-state index contributed by atoms with van der Waals surface area (Å²) >= 11 is 0. The molecule has 0 atom stereocenters. The van der Waals surface area contributed by atoms with Crippen LogP contribution in [-0.4, -0.2) is 0 Å². The summed E-state index contributed by atoms with van der Waals surface area (Å²) < 4.78 is 6.76. The molecule has 11 rings (SSSR count). The molecule has 0 bridgehead atoms. The third-order valence-corrected chi connectivity index (χ3v) is 11.2. The predicted molar refractivity (Wildman–Crippen MR) is 237 cm³/mol. The third-order valence-electron chi connectivity index (χ3n) is 11.2. The molecular formula is C54H35NO. The van der Waals surface area contributed by atoms with Crippen molar-refractivity contribution < 1.29 is 4.42 Å². The van der Waals surface area contributed by atoms with E-state index < -0.39 is 0 Å². The molecule has 0 radical (unpaired) electrons. The second-order valence-corrected chi connectivity index (χ2v) is 14.5. The Labute approximate surface area is 325 Å². The van der Waals surface area contributed by atoms with Crippen LogP contribution < -0.4 is 4.90 Å². The van der Waals surface area contributed by atoms with Crippen LogP contribution >= 0.6 is 0 Å². The van der Waals surface area contributed by atoms with E-state index in [1.165, 1.54) is 49.4 Å². The largest absolute Gasteiger partial charge is 0.455 e. The number of fused-ring (bicyclic) bond motifs is 8. The zero-order valence-corrected chi connectivity index (χ0v) is 30.6. The number of furan rings is 1. The summed E-state index contributed by atoms with van der Waals surface area (Å²) in [5.74, 6) is 0. The molecule has 0 N–H and O–H groups in total. The van der Waals surface area contributed by atoms with Crippen molar-refractivity contribution in [3.05, 3.63) is 212 Å². The first-order valence-corrected chi connectivity index (χ1v) is 19.2. The Morgan fingerprint density at radius 2 is 0.893 bits per heavy atom. The lowest BCUT2D eigenvalue weighted by atomic mass is 9.93. The molecule has 56 heavy (non-hydrogen) atoms. The number of benzene rings is 10. The molecule has 10 aromatic carbocycles. The minimum atomic E-state index is 0.883. The number of nitrogens with zero attached hydrogens (tertiary/aromatic N) is 1. The lowest BCUT2D eigenvalue weighted by Gasteiger charge is -2.28. The Kier molecular flexibility index (Phi) is 7.53. The summed E-state index contributed by atoms with van der Waals surface area (Å²) in [6.45, 7) is 0. The summed E-state index contributed by atoms with van der Waals surface area (Å²) in [6.07, 6.45) is 0. The van der Waals surface area contributed by atoms with Gasteiger partial charge in [-0.3, -0.25) is 0 Å². The monoisotopic (exact) mass is 713 g/mol. The van der Waals surface area contributed by atoms with Crippen molar-refractivity contribution >= 4 is 71.3 Å². The minimum Gasteiger partial charge on any atom is -0.455 e. The second kappa shape index (κ2) is 13.2. The molecule has 262 valence electrons. The summed E-state index contributed by atoms with van der Waals surface area (Å²) in [7, 11) is 0. The lowest BCUT2D eigenvalue weighted by Crippen LogP contribution is -2.10. The molecule has 0 fully saturated rings. The highest BCUT2D eigenvalue weighted by molar-refractivity contribution is 6.20. The van der Waals surface area contributed by atoms with Gasteiger partial charge in [0.15, 0.2) is 0 Å². The van der Waals surface area contributed by atoms with Gasteiger partial charge in [0, 0.05) is 32.9 Å². The molecule has 11 aromatic rings. The van der Waals surface area contributed by atoms with Gasteiger partial charge in [0.05, 0.1) is 5.69 Å². The Morgan fingerprint density at radius 3 is 1.64 bits per heavy atom. The second-order valence-electron chi connectivity index (χ2n) is 14.5. The van der Waals surface area contributed by atoms with E-state index >= 15 is 0 Å². The van der Waals surface area contributed by atoms with Crippen molar-refractivity contribution in [3.8, 4) is 33.4 Å². The van der Waals surface area contributed by atoms with Crippen molar-refractivity contribution in [2.45, 2.75) is 0 Å². The van der Waals surface area contributed by atoms with Crippen LogP contribution in [0.1, 0.15) is 0 Å². The summed E-state index contributed by atoms with van der Waals surface area (Å²) in [5, 5.41) is 9.45. The molecule has 0 aliphatic carbocycles. The van der Waals surface area contributed by atoms with Crippen molar-refractivity contribution in [1.82, 2.24) is 0 Å². The fourth-order valence-corrected chi connectivity index (χ4v) is 8.54. The van der Waals surface area contributed by atoms with E-state index in [0.29, 0.717) is 0 Å². The maximum Gasteiger partial charge on any atom is 0.143 e. The first-order chi connectivity index (χ1) is 27.8. The van der Waals surface area contributed by atoms with Crippen LogP contribution in [0.15, 0.2) is 217 Å². The van der Waals surface area contributed by atoms with Crippen molar-refractivity contribution in [1.29, 1.82) is 0 Å². The summed E-state index contributed by atoms with van der Waals surface area (Å²) in [5.41, 5.74) is 12.1. The van der Waals surface area contributed by atoms with Crippen LogP contribution in [0.2, 0.25) is 0 Å². The van der Waals surface area contributed by atoms with E-state index in [9.17, 15) is 0 Å². The van der Waals surface area contributed by atoms with Gasteiger partial charge in [-0.05, 0) is 103 Å². The number of anilines is 3. The normalized spacial score (nSPS) is 11.6. The molecule has 0 saturated heterocycles. The van der Waals surface area contributed by atoms with E-state index in [1.54, 1.807) is 0 Å². The van der Waals surface area contributed by atoms with Crippen LogP contribution in [0.5, 0.6) is 0 Å². The molecule has 2 nitrogen and oxygen atoms in total. The van der Waals surface area contributed by atoms with Gasteiger partial charge in [-0.25, -0.2) is 0 Å². The Morgan fingerprint density at radius 1 is 0.304 bits per heavy atom. The van der Waals surface area contributed by atoms with E-state index in [2.05, 4.69) is 217 Å². The fraction of sp³-hybridized carbons (Fsp3) is 0. The number of rotatable bonds is 6. The zero-order valence-electron chi connectivity index (χ0n) is 30.6. The van der Waals surface area contributed by atoms with Crippen molar-refractivity contribution in [3.63, 3.8) is 0 Å². The van der Waals surface area contributed by atoms with Crippen molar-refractivity contribution in [2.24, 2.45) is 0 Å². The average Bonchev–Trinajstić information content (AvgIpc) is 3.65. The lowest BCUT2D eigenvalue weighted by molar-refractivity contribution is 0.673. The SMILES string of the molecule is c1ccc(-c2cccc(N(c3ccc(-c4cc5ccccc5c5ccccc45)cc3)c3cc4c5ccc(-c6ccccc6)cc5oc4c4ccccc34)c2)cc1. The van der Waals surface area contributed by atoms with Gasteiger partial charge in [0.1, 0.15) is 11.2 Å². The highest BCUT2D eigenvalue weighted by Crippen LogP contribution is 2.46. The van der Waals surface area contributed by atoms with Gasteiger partial charge in [-0.1, -0.05) is 164 Å². The van der Waals surface area contributed by atoms with Crippen LogP contribution in [-0.2, 0) is 0 Å². The summed E-state index contributed by atoms with van der Waals surface area (Å²) in [4.78, 5) is 2.41. The van der Waals surface area contributed by atoms with Gasteiger partial charge in [-0.15, -0.1) is 0 Å². The highest BCUT2D eigenvalue weighted by Gasteiger charge is 2.21. The maximum absolute atomic E-state index is 6.76. The van der Waals surface area contributed by atoms with E-state index in [4.69, 9.17) is 4.42 Å². The van der Waals surface area contributed by atoms with Gasteiger partial charge >= 0.3 is 0 Å². The molecule has 1 aromatic heterocycles. The molecule has 0 spiro atoms. The summed E-state index contributed by atoms with van der Waals surface area (Å²) in [6, 6.07) is 76.4. The molecule has 1 heterocycles. The molecule has 0 unspecified atom stereocenters. The smallest absolute Gasteiger partial charge is 0.143 e. The Hall–Kier alpha value is -7.42. The molecule has 0 saturated carbocycles. The quantitative estimate of drug-likeness (QED) is 0.160. The van der Waals surface area contributed by atoms with Gasteiger partial charge in [0.25, 0.3) is 0 Å².